The predicted octanol–water partition coefficient (Wildman–Crippen LogP) is -3.51. The first-order valence-corrected chi connectivity index (χ1v) is 25.9. The molecule has 1 rings (SSSR count). The van der Waals surface area contributed by atoms with E-state index in [1.807, 2.05) is 13.8 Å². The number of rotatable bonds is 35. The number of aliphatic hydroxyl groups excluding tert-OH is 1. The Hall–Kier alpha value is -7.78. The molecule has 78 heavy (non-hydrogen) atoms. The number of phenolic OH excluding ortho intramolecular Hbond substituents is 1. The van der Waals surface area contributed by atoms with Gasteiger partial charge < -0.3 is 86.3 Å². The number of aliphatic hydroxyl groups is 1. The smallest absolute Gasteiger partial charge is 0.245 e. The molecule has 0 unspecified atom stereocenters. The van der Waals surface area contributed by atoms with Crippen LogP contribution in [0.25, 0.3) is 0 Å². The number of carbonyl (C=O) groups excluding carboxylic acids is 10. The predicted molar refractivity (Wildman–Crippen MR) is 289 cm³/mol. The van der Waals surface area contributed by atoms with Gasteiger partial charge >= 0.3 is 0 Å². The lowest BCUT2D eigenvalue weighted by Crippen LogP contribution is -2.62. The summed E-state index contributed by atoms with van der Waals surface area (Å²) in [5, 5.41) is 60.8. The number of nitrogens with one attached hydrogen (secondary N) is 12. The Bertz CT molecular complexity index is 2230. The van der Waals surface area contributed by atoms with E-state index in [2.05, 4.69) is 53.2 Å². The first-order valence-electron chi connectivity index (χ1n) is 25.9. The minimum absolute atomic E-state index is 0.0293. The van der Waals surface area contributed by atoms with Crippen molar-refractivity contribution in [3.05, 3.63) is 29.8 Å². The molecule has 28 heteroatoms. The molecule has 0 fully saturated rings. The van der Waals surface area contributed by atoms with Gasteiger partial charge in [0, 0.05) is 25.4 Å². The van der Waals surface area contributed by atoms with E-state index >= 15 is 0 Å². The normalized spacial score (nSPS) is 15.0. The van der Waals surface area contributed by atoms with Crippen LogP contribution < -0.4 is 76.1 Å². The lowest BCUT2D eigenvalue weighted by atomic mass is 9.97. The van der Waals surface area contributed by atoms with Gasteiger partial charge in [-0.1, -0.05) is 60.6 Å². The number of hydrogen-bond acceptors (Lipinski definition) is 14. The molecule has 0 heterocycles. The molecule has 0 saturated carbocycles. The van der Waals surface area contributed by atoms with Gasteiger partial charge in [0.1, 0.15) is 54.1 Å². The van der Waals surface area contributed by atoms with Gasteiger partial charge in [-0.2, -0.15) is 0 Å². The van der Waals surface area contributed by atoms with Crippen molar-refractivity contribution in [2.24, 2.45) is 46.6 Å². The molecule has 0 spiro atoms. The zero-order valence-electron chi connectivity index (χ0n) is 46.2. The number of aromatic hydroxyl groups is 1. The molecule has 0 bridgehead atoms. The molecule has 0 aliphatic carbocycles. The number of amides is 10. The van der Waals surface area contributed by atoms with Gasteiger partial charge in [0.2, 0.25) is 59.1 Å². The molecule has 0 saturated heterocycles. The Morgan fingerprint density at radius 2 is 0.923 bits per heavy atom. The average Bonchev–Trinajstić information content (AvgIpc) is 3.32. The second kappa shape index (κ2) is 34.1. The minimum atomic E-state index is -1.75. The fraction of sp³-hybridized carbons (Fsp3) is 0.640. The van der Waals surface area contributed by atoms with Crippen LogP contribution in [0.3, 0.4) is 0 Å². The fourth-order valence-electron chi connectivity index (χ4n) is 7.85. The Morgan fingerprint density at radius 3 is 1.38 bits per heavy atom. The number of benzene rings is 1. The van der Waals surface area contributed by atoms with Crippen LogP contribution in [0.15, 0.2) is 24.3 Å². The topological polar surface area (TPSA) is 483 Å². The van der Waals surface area contributed by atoms with Gasteiger partial charge in [0.05, 0.1) is 12.5 Å². The van der Waals surface area contributed by atoms with E-state index in [0.717, 1.165) is 0 Å². The monoisotopic (exact) mass is 1100 g/mol. The van der Waals surface area contributed by atoms with Crippen LogP contribution in [0.4, 0.5) is 0 Å². The maximum atomic E-state index is 14.0. The van der Waals surface area contributed by atoms with Crippen molar-refractivity contribution in [2.45, 2.75) is 168 Å². The van der Waals surface area contributed by atoms with Crippen LogP contribution in [0.5, 0.6) is 5.75 Å². The lowest BCUT2D eigenvalue weighted by molar-refractivity contribution is -0.138. The molecule has 1 aromatic carbocycles. The molecule has 10 amide bonds. The van der Waals surface area contributed by atoms with E-state index in [4.69, 9.17) is 33.8 Å². The molecule has 22 N–H and O–H groups in total. The zero-order chi connectivity index (χ0) is 59.6. The number of phenols is 1. The van der Waals surface area contributed by atoms with Gasteiger partial charge in [-0.25, -0.2) is 0 Å². The molecule has 10 atom stereocenters. The first-order chi connectivity index (χ1) is 36.3. The molecule has 0 aliphatic rings. The number of nitrogens with two attached hydrogens (primary N) is 4. The van der Waals surface area contributed by atoms with Crippen molar-refractivity contribution >= 4 is 71.0 Å². The highest BCUT2D eigenvalue weighted by Gasteiger charge is 2.37. The van der Waals surface area contributed by atoms with Gasteiger partial charge in [-0.15, -0.1) is 0 Å². The molecule has 28 nitrogen and oxygen atoms in total. The Labute approximate surface area is 455 Å². The summed E-state index contributed by atoms with van der Waals surface area (Å²) in [6, 6.07) is -5.45. The van der Waals surface area contributed by atoms with Gasteiger partial charge in [-0.05, 0) is 87.8 Å². The summed E-state index contributed by atoms with van der Waals surface area (Å²) in [6.07, 6.45) is -1.60. The zero-order valence-corrected chi connectivity index (χ0v) is 46.2. The lowest BCUT2D eigenvalue weighted by Gasteiger charge is -2.30. The molecule has 0 aliphatic heterocycles. The van der Waals surface area contributed by atoms with Crippen molar-refractivity contribution < 1.29 is 58.2 Å². The van der Waals surface area contributed by atoms with Crippen molar-refractivity contribution in [2.75, 3.05) is 13.1 Å². The maximum absolute atomic E-state index is 14.0. The Kier molecular flexibility index (Phi) is 29.8. The standard InChI is InChI=1S/C50H86N16O12/c1-24(2)20-27(7)41(71)63-36(23-37(51)69)45(75)64-35(21-25(3)4)46(76)65-38(26(5)6)47(77)66-39(29(9)67)48(78)61-32(12-10-18-57-49(53)54)43(73)59-28(8)42(72)60-33(13-11-19-58-50(55)56)44(74)62-34(40(52)70)22-30-14-16-31(68)17-15-30/h14-17,24-29,32-36,38-39,67-68H,10-13,18-23H2,1-9H3,(H2,51,69)(H2,52,70)(H,59,73)(H,60,72)(H,61,78)(H,62,74)(H,63,71)(H,64,75)(H,65,76)(H,66,77)(H4,53,54,57)(H4,55,56,58)/t27-,28-,29+,32-,33-,34-,35-,36-,38-,39-/m0/s1. The van der Waals surface area contributed by atoms with Crippen molar-refractivity contribution in [3.63, 3.8) is 0 Å². The van der Waals surface area contributed by atoms with E-state index < -0.39 is 132 Å². The highest BCUT2D eigenvalue weighted by Crippen LogP contribution is 2.15. The third-order valence-corrected chi connectivity index (χ3v) is 12.0. The summed E-state index contributed by atoms with van der Waals surface area (Å²) in [5.41, 5.74) is 22.4. The fourth-order valence-corrected chi connectivity index (χ4v) is 7.85. The molecule has 1 aromatic rings. The first kappa shape index (κ1) is 68.2. The van der Waals surface area contributed by atoms with Gasteiger partial charge in [-0.3, -0.25) is 58.8 Å². The minimum Gasteiger partial charge on any atom is -0.508 e. The van der Waals surface area contributed by atoms with Gasteiger partial charge in [0.15, 0.2) is 11.9 Å². The quantitative estimate of drug-likeness (QED) is 0.0178. The van der Waals surface area contributed by atoms with Crippen LogP contribution in [0, 0.1) is 34.5 Å². The van der Waals surface area contributed by atoms with Crippen LogP contribution in [0.1, 0.15) is 113 Å². The van der Waals surface area contributed by atoms with Crippen molar-refractivity contribution in [3.8, 4) is 5.75 Å². The summed E-state index contributed by atoms with van der Waals surface area (Å²) in [4.78, 5) is 134. The summed E-state index contributed by atoms with van der Waals surface area (Å²) < 4.78 is 0. The number of carbonyl (C=O) groups is 10. The SMILES string of the molecule is CC(C)C[C@H](NC(=O)[C@H](CC(N)=O)NC(=O)[C@@H](C)CC(C)C)C(=O)N[C@H](C(=O)N[C@H](C(=O)N[C@@H](CCCNC(=N)N)C(=O)N[C@@H](C)C(=O)N[C@@H](CCCNC(=N)N)C(=O)N[C@@H](Cc1ccc(O)cc1)C(N)=O)[C@@H](C)O)C(C)C. The highest BCUT2D eigenvalue weighted by atomic mass is 16.3. The molecule has 438 valence electrons. The number of primary amides is 2. The second-order valence-corrected chi connectivity index (χ2v) is 20.6. The largest absolute Gasteiger partial charge is 0.508 e. The number of hydrogen-bond donors (Lipinski definition) is 18. The average molecular weight is 1100 g/mol. The number of guanidine groups is 2. The van der Waals surface area contributed by atoms with E-state index in [1.54, 1.807) is 34.6 Å². The third-order valence-electron chi connectivity index (χ3n) is 12.0. The molecular weight excluding hydrogens is 1020 g/mol. The Morgan fingerprint density at radius 1 is 0.500 bits per heavy atom. The van der Waals surface area contributed by atoms with Crippen LogP contribution in [-0.4, -0.2) is 149 Å². The summed E-state index contributed by atoms with van der Waals surface area (Å²) in [7, 11) is 0. The Balaban J connectivity index is 3.38. The maximum Gasteiger partial charge on any atom is 0.245 e. The highest BCUT2D eigenvalue weighted by molar-refractivity contribution is 5.99. The van der Waals surface area contributed by atoms with E-state index in [9.17, 15) is 58.2 Å². The van der Waals surface area contributed by atoms with Gasteiger partial charge in [0.25, 0.3) is 0 Å². The van der Waals surface area contributed by atoms with Crippen LogP contribution >= 0.6 is 0 Å². The summed E-state index contributed by atoms with van der Waals surface area (Å²) in [5.74, 6) is -10.6. The van der Waals surface area contributed by atoms with E-state index in [-0.39, 0.29) is 81.1 Å². The van der Waals surface area contributed by atoms with Crippen LogP contribution in [0.2, 0.25) is 0 Å². The van der Waals surface area contributed by atoms with E-state index in [0.29, 0.717) is 12.0 Å². The van der Waals surface area contributed by atoms with Crippen molar-refractivity contribution in [1.82, 2.24) is 53.2 Å². The van der Waals surface area contributed by atoms with Crippen molar-refractivity contribution in [1.29, 1.82) is 10.8 Å². The molecular formula is C50H86N16O12. The summed E-state index contributed by atoms with van der Waals surface area (Å²) >= 11 is 0. The summed E-state index contributed by atoms with van der Waals surface area (Å²) in [6.45, 7) is 14.9. The van der Waals surface area contributed by atoms with E-state index in [1.165, 1.54) is 38.1 Å². The molecule has 0 aromatic heterocycles. The third kappa shape index (κ3) is 26.3. The van der Waals surface area contributed by atoms with Crippen LogP contribution in [-0.2, 0) is 54.4 Å². The molecule has 0 radical (unpaired) electrons. The second-order valence-electron chi connectivity index (χ2n) is 20.6.